The molecule has 0 aliphatic rings. The lowest BCUT2D eigenvalue weighted by molar-refractivity contribution is -0.121. The standard InChI is InChI=1S/C15H19N3O4/c1-3-8(2)13(14(16)20)18-15(21)22-12-7-9-6-10(19)4-5-11(9)17-12/h4-8,13,17,19H,3H2,1-2H3,(H2,16,20)(H,18,21). The fraction of sp³-hybridized carbons (Fsp3) is 0.333. The van der Waals surface area contributed by atoms with Gasteiger partial charge in [-0.2, -0.15) is 0 Å². The zero-order valence-corrected chi connectivity index (χ0v) is 12.4. The van der Waals surface area contributed by atoms with Crippen molar-refractivity contribution in [3.05, 3.63) is 24.3 Å². The molecular formula is C15H19N3O4. The third-order valence-corrected chi connectivity index (χ3v) is 3.58. The van der Waals surface area contributed by atoms with Crippen molar-refractivity contribution in [2.24, 2.45) is 11.7 Å². The predicted octanol–water partition coefficient (Wildman–Crippen LogP) is 1.86. The highest BCUT2D eigenvalue weighted by Gasteiger charge is 2.24. The van der Waals surface area contributed by atoms with Gasteiger partial charge in [-0.05, 0) is 24.1 Å². The van der Waals surface area contributed by atoms with Gasteiger partial charge in [0.2, 0.25) is 11.8 Å². The smallest absolute Gasteiger partial charge is 0.414 e. The first-order chi connectivity index (χ1) is 10.4. The summed E-state index contributed by atoms with van der Waals surface area (Å²) in [7, 11) is 0. The van der Waals surface area contributed by atoms with Gasteiger partial charge in [0.1, 0.15) is 11.8 Å². The Balaban J connectivity index is 2.08. The molecule has 0 spiro atoms. The van der Waals surface area contributed by atoms with Gasteiger partial charge in [-0.15, -0.1) is 0 Å². The quantitative estimate of drug-likeness (QED) is 0.674. The maximum Gasteiger partial charge on any atom is 0.414 e. The summed E-state index contributed by atoms with van der Waals surface area (Å²) in [4.78, 5) is 26.2. The minimum absolute atomic E-state index is 0.0929. The van der Waals surface area contributed by atoms with Gasteiger partial charge in [-0.25, -0.2) is 4.79 Å². The molecule has 2 rings (SSSR count). The van der Waals surface area contributed by atoms with Crippen molar-refractivity contribution in [3.63, 3.8) is 0 Å². The number of carbonyl (C=O) groups excluding carboxylic acids is 2. The lowest BCUT2D eigenvalue weighted by Gasteiger charge is -2.20. The van der Waals surface area contributed by atoms with E-state index in [0.29, 0.717) is 17.3 Å². The van der Waals surface area contributed by atoms with Crippen molar-refractivity contribution in [2.75, 3.05) is 0 Å². The molecule has 2 aromatic rings. The number of nitrogens with one attached hydrogen (secondary N) is 2. The Morgan fingerprint density at radius 1 is 1.41 bits per heavy atom. The van der Waals surface area contributed by atoms with Crippen LogP contribution in [0.2, 0.25) is 0 Å². The molecule has 0 aliphatic heterocycles. The highest BCUT2D eigenvalue weighted by molar-refractivity contribution is 5.86. The van der Waals surface area contributed by atoms with Crippen LogP contribution in [0.3, 0.4) is 0 Å². The van der Waals surface area contributed by atoms with Crippen LogP contribution in [0.4, 0.5) is 4.79 Å². The number of ether oxygens (including phenoxy) is 1. The number of fused-ring (bicyclic) bond motifs is 1. The number of phenols is 1. The molecule has 0 bridgehead atoms. The number of nitrogens with two attached hydrogens (primary N) is 1. The van der Waals surface area contributed by atoms with E-state index in [0.717, 1.165) is 0 Å². The molecule has 1 aromatic heterocycles. The van der Waals surface area contributed by atoms with E-state index < -0.39 is 18.0 Å². The average Bonchev–Trinajstić information content (AvgIpc) is 2.84. The topological polar surface area (TPSA) is 117 Å². The summed E-state index contributed by atoms with van der Waals surface area (Å²) in [6, 6.07) is 5.53. The van der Waals surface area contributed by atoms with Crippen LogP contribution in [-0.4, -0.2) is 28.1 Å². The summed E-state index contributed by atoms with van der Waals surface area (Å²) >= 11 is 0. The lowest BCUT2D eigenvalue weighted by Crippen LogP contribution is -2.49. The van der Waals surface area contributed by atoms with E-state index in [2.05, 4.69) is 10.3 Å². The van der Waals surface area contributed by atoms with Crippen LogP contribution in [0, 0.1) is 5.92 Å². The molecular weight excluding hydrogens is 286 g/mol. The fourth-order valence-electron chi connectivity index (χ4n) is 2.13. The minimum Gasteiger partial charge on any atom is -0.508 e. The van der Waals surface area contributed by atoms with Crippen LogP contribution in [0.5, 0.6) is 11.6 Å². The van der Waals surface area contributed by atoms with Gasteiger partial charge >= 0.3 is 6.09 Å². The molecule has 0 radical (unpaired) electrons. The molecule has 7 nitrogen and oxygen atoms in total. The van der Waals surface area contributed by atoms with Crippen molar-refractivity contribution < 1.29 is 19.4 Å². The molecule has 7 heteroatoms. The Morgan fingerprint density at radius 2 is 2.14 bits per heavy atom. The van der Waals surface area contributed by atoms with Crippen molar-refractivity contribution in [3.8, 4) is 11.6 Å². The van der Waals surface area contributed by atoms with E-state index in [4.69, 9.17) is 10.5 Å². The van der Waals surface area contributed by atoms with Crippen molar-refractivity contribution >= 4 is 22.9 Å². The highest BCUT2D eigenvalue weighted by Crippen LogP contribution is 2.24. The Bertz CT molecular complexity index is 695. The molecule has 1 aromatic carbocycles. The SMILES string of the molecule is CCC(C)C(NC(=O)Oc1cc2cc(O)ccc2[nH]1)C(N)=O. The number of aromatic amines is 1. The van der Waals surface area contributed by atoms with E-state index in [9.17, 15) is 14.7 Å². The zero-order chi connectivity index (χ0) is 16.3. The Labute approximate surface area is 127 Å². The van der Waals surface area contributed by atoms with Crippen LogP contribution >= 0.6 is 0 Å². The number of H-pyrrole nitrogens is 1. The molecule has 118 valence electrons. The molecule has 22 heavy (non-hydrogen) atoms. The first-order valence-corrected chi connectivity index (χ1v) is 7.00. The van der Waals surface area contributed by atoms with Crippen LogP contribution in [0.15, 0.2) is 24.3 Å². The summed E-state index contributed by atoms with van der Waals surface area (Å²) in [5.41, 5.74) is 6.00. The van der Waals surface area contributed by atoms with Crippen LogP contribution in [0.1, 0.15) is 20.3 Å². The summed E-state index contributed by atoms with van der Waals surface area (Å²) in [6.07, 6.45) is -0.0700. The number of carbonyl (C=O) groups is 2. The first-order valence-electron chi connectivity index (χ1n) is 7.00. The summed E-state index contributed by atoms with van der Waals surface area (Å²) in [5, 5.41) is 12.6. The van der Waals surface area contributed by atoms with Gasteiger partial charge < -0.3 is 25.9 Å². The Kier molecular flexibility index (Phi) is 4.55. The fourth-order valence-corrected chi connectivity index (χ4v) is 2.13. The molecule has 0 aliphatic carbocycles. The van der Waals surface area contributed by atoms with Gasteiger partial charge in [-0.3, -0.25) is 4.79 Å². The maximum absolute atomic E-state index is 11.9. The third-order valence-electron chi connectivity index (χ3n) is 3.58. The van der Waals surface area contributed by atoms with Gasteiger partial charge in [-0.1, -0.05) is 20.3 Å². The second-order valence-electron chi connectivity index (χ2n) is 5.20. The molecule has 0 saturated carbocycles. The van der Waals surface area contributed by atoms with E-state index in [-0.39, 0.29) is 17.5 Å². The predicted molar refractivity (Wildman–Crippen MR) is 81.6 cm³/mol. The monoisotopic (exact) mass is 305 g/mol. The van der Waals surface area contributed by atoms with Gasteiger partial charge in [0.15, 0.2) is 0 Å². The zero-order valence-electron chi connectivity index (χ0n) is 12.4. The number of phenolic OH excluding ortho intramolecular Hbond substituents is 1. The molecule has 1 heterocycles. The molecule has 0 saturated heterocycles. The van der Waals surface area contributed by atoms with Crippen molar-refractivity contribution in [1.29, 1.82) is 0 Å². The van der Waals surface area contributed by atoms with E-state index in [1.807, 2.05) is 13.8 Å². The molecule has 2 unspecified atom stereocenters. The summed E-state index contributed by atoms with van der Waals surface area (Å²) < 4.78 is 5.12. The Morgan fingerprint density at radius 3 is 2.77 bits per heavy atom. The molecule has 2 atom stereocenters. The van der Waals surface area contributed by atoms with Gasteiger partial charge in [0.25, 0.3) is 0 Å². The number of hydrogen-bond donors (Lipinski definition) is 4. The van der Waals surface area contributed by atoms with Gasteiger partial charge in [0.05, 0.1) is 0 Å². The first kappa shape index (κ1) is 15.7. The third kappa shape index (κ3) is 3.49. The Hall–Kier alpha value is -2.70. The molecule has 2 amide bonds. The number of amides is 2. The maximum atomic E-state index is 11.9. The number of aromatic nitrogens is 1. The van der Waals surface area contributed by atoms with Crippen LogP contribution in [0.25, 0.3) is 10.9 Å². The second-order valence-corrected chi connectivity index (χ2v) is 5.20. The summed E-state index contributed by atoms with van der Waals surface area (Å²) in [5.74, 6) is -0.365. The van der Waals surface area contributed by atoms with E-state index >= 15 is 0 Å². The van der Waals surface area contributed by atoms with Crippen LogP contribution < -0.4 is 15.8 Å². The molecule has 5 N–H and O–H groups in total. The highest BCUT2D eigenvalue weighted by atomic mass is 16.6. The van der Waals surface area contributed by atoms with Gasteiger partial charge in [0, 0.05) is 17.0 Å². The second kappa shape index (κ2) is 6.38. The largest absolute Gasteiger partial charge is 0.508 e. The van der Waals surface area contributed by atoms with Crippen molar-refractivity contribution in [2.45, 2.75) is 26.3 Å². The minimum atomic E-state index is -0.786. The van der Waals surface area contributed by atoms with Crippen LogP contribution in [-0.2, 0) is 4.79 Å². The normalized spacial score (nSPS) is 13.5. The average molecular weight is 305 g/mol. The summed E-state index contributed by atoms with van der Waals surface area (Å²) in [6.45, 7) is 3.72. The van der Waals surface area contributed by atoms with Crippen molar-refractivity contribution in [1.82, 2.24) is 10.3 Å². The molecule has 0 fully saturated rings. The number of rotatable bonds is 5. The van der Waals surface area contributed by atoms with E-state index in [1.54, 1.807) is 18.2 Å². The number of primary amides is 1. The number of benzene rings is 1. The number of hydrogen-bond acceptors (Lipinski definition) is 4. The lowest BCUT2D eigenvalue weighted by atomic mass is 9.99. The van der Waals surface area contributed by atoms with E-state index in [1.165, 1.54) is 6.07 Å². The number of aromatic hydroxyl groups is 1.